The van der Waals surface area contributed by atoms with Gasteiger partial charge in [0.05, 0.1) is 23.0 Å². The minimum absolute atomic E-state index is 0.000658. The van der Waals surface area contributed by atoms with Crippen molar-refractivity contribution >= 4 is 23.7 Å². The Hall–Kier alpha value is -3.55. The van der Waals surface area contributed by atoms with E-state index in [-0.39, 0.29) is 41.2 Å². The molecule has 0 N–H and O–H groups in total. The Morgan fingerprint density at radius 2 is 1.63 bits per heavy atom. The average molecular weight is 403 g/mol. The van der Waals surface area contributed by atoms with Crippen molar-refractivity contribution in [3.63, 3.8) is 0 Å². The second-order valence-corrected chi connectivity index (χ2v) is 8.39. The van der Waals surface area contributed by atoms with Gasteiger partial charge in [-0.05, 0) is 54.4 Å². The topological polar surface area (TPSA) is 106 Å². The first kappa shape index (κ1) is 17.3. The molecule has 7 rings (SSSR count). The van der Waals surface area contributed by atoms with Gasteiger partial charge in [-0.2, -0.15) is 10.1 Å². The Labute approximate surface area is 171 Å². The Bertz CT molecular complexity index is 1110. The van der Waals surface area contributed by atoms with Gasteiger partial charge in [-0.15, -0.1) is 0 Å². The van der Waals surface area contributed by atoms with Crippen LogP contribution in [0.2, 0.25) is 0 Å². The van der Waals surface area contributed by atoms with Crippen molar-refractivity contribution in [2.24, 2.45) is 40.6 Å². The Balaban J connectivity index is 1.22. The van der Waals surface area contributed by atoms with E-state index in [0.717, 1.165) is 11.4 Å². The molecule has 0 radical (unpaired) electrons. The van der Waals surface area contributed by atoms with Crippen molar-refractivity contribution in [2.75, 3.05) is 0 Å². The average Bonchev–Trinajstić information content (AvgIpc) is 3.39. The number of nitrogens with zero attached hydrogens (tertiary/aromatic N) is 3. The van der Waals surface area contributed by atoms with E-state index < -0.39 is 4.92 Å². The molecule has 2 saturated carbocycles. The zero-order valence-corrected chi connectivity index (χ0v) is 15.8. The number of imide groups is 1. The van der Waals surface area contributed by atoms with Crippen LogP contribution in [0.15, 0.2) is 58.1 Å². The van der Waals surface area contributed by atoms with Crippen molar-refractivity contribution in [1.82, 2.24) is 5.01 Å². The van der Waals surface area contributed by atoms with E-state index in [9.17, 15) is 19.7 Å². The number of amides is 2. The molecule has 2 aromatic rings. The Kier molecular flexibility index (Phi) is 3.45. The van der Waals surface area contributed by atoms with E-state index in [0.29, 0.717) is 28.9 Å². The van der Waals surface area contributed by atoms with Gasteiger partial charge in [0.25, 0.3) is 17.5 Å². The molecule has 30 heavy (non-hydrogen) atoms. The quantitative estimate of drug-likeness (QED) is 0.256. The highest BCUT2D eigenvalue weighted by atomic mass is 16.6. The second-order valence-electron chi connectivity index (χ2n) is 8.39. The van der Waals surface area contributed by atoms with Crippen LogP contribution in [0, 0.1) is 45.6 Å². The number of benzene rings is 1. The number of hydrogen-bond donors (Lipinski definition) is 0. The molecule has 0 spiro atoms. The summed E-state index contributed by atoms with van der Waals surface area (Å²) in [5, 5.41) is 16.0. The van der Waals surface area contributed by atoms with E-state index in [4.69, 9.17) is 4.42 Å². The lowest BCUT2D eigenvalue weighted by molar-refractivity contribution is -0.384. The van der Waals surface area contributed by atoms with Crippen molar-refractivity contribution in [3.05, 3.63) is 64.4 Å². The molecular weight excluding hydrogens is 386 g/mol. The molecule has 8 heteroatoms. The second kappa shape index (κ2) is 5.98. The standard InChI is InChI=1S/C22H17N3O5/c26-21-19-14-6-7-15(17-9-16(14)17)20(19)22(27)24(21)23-10-13-5-8-18(30-13)11-1-3-12(4-2-11)25(28)29/h1-8,10,14-17,19-20H,9H2/t14-,15-,16-,17+,19+,20+/m0/s1. The van der Waals surface area contributed by atoms with Gasteiger partial charge in [-0.1, -0.05) is 12.2 Å². The molecule has 4 aliphatic carbocycles. The van der Waals surface area contributed by atoms with Crippen molar-refractivity contribution in [2.45, 2.75) is 6.42 Å². The lowest BCUT2D eigenvalue weighted by Crippen LogP contribution is -2.40. The minimum atomic E-state index is -0.461. The van der Waals surface area contributed by atoms with Gasteiger partial charge in [-0.3, -0.25) is 19.7 Å². The van der Waals surface area contributed by atoms with Crippen LogP contribution >= 0.6 is 0 Å². The summed E-state index contributed by atoms with van der Waals surface area (Å²) in [6.45, 7) is 0. The van der Waals surface area contributed by atoms with Crippen molar-refractivity contribution in [3.8, 4) is 11.3 Å². The molecule has 3 fully saturated rings. The number of nitro groups is 1. The molecule has 5 aliphatic rings. The maximum Gasteiger partial charge on any atom is 0.269 e. The van der Waals surface area contributed by atoms with Crippen LogP contribution in [-0.2, 0) is 9.59 Å². The summed E-state index contributed by atoms with van der Waals surface area (Å²) in [7, 11) is 0. The minimum Gasteiger partial charge on any atom is -0.455 e. The SMILES string of the molecule is O=C1[C@@H]2[C@H]3C=C[C@@H]([C@@H]4C[C@H]34)[C@H]2C(=O)N1N=Cc1ccc(-c2ccc([N+](=O)[O-])cc2)o1. The number of hydrogen-bond acceptors (Lipinski definition) is 6. The number of furan rings is 1. The van der Waals surface area contributed by atoms with Gasteiger partial charge in [0.2, 0.25) is 0 Å². The fourth-order valence-corrected chi connectivity index (χ4v) is 5.49. The van der Waals surface area contributed by atoms with E-state index in [1.54, 1.807) is 24.3 Å². The van der Waals surface area contributed by atoms with E-state index in [1.807, 2.05) is 0 Å². The van der Waals surface area contributed by atoms with Gasteiger partial charge in [0.1, 0.15) is 11.5 Å². The monoisotopic (exact) mass is 403 g/mol. The fraction of sp³-hybridized carbons (Fsp3) is 0.318. The first-order chi connectivity index (χ1) is 14.5. The van der Waals surface area contributed by atoms with Gasteiger partial charge in [0, 0.05) is 17.7 Å². The Morgan fingerprint density at radius 1 is 1.00 bits per heavy atom. The fourth-order valence-electron chi connectivity index (χ4n) is 5.49. The highest BCUT2D eigenvalue weighted by Crippen LogP contribution is 2.65. The number of rotatable bonds is 4. The molecule has 1 aliphatic heterocycles. The van der Waals surface area contributed by atoms with Crippen LogP contribution < -0.4 is 0 Å². The molecule has 2 amide bonds. The Morgan fingerprint density at radius 3 is 2.23 bits per heavy atom. The predicted octanol–water partition coefficient (Wildman–Crippen LogP) is 3.24. The van der Waals surface area contributed by atoms with Gasteiger partial charge in [-0.25, -0.2) is 0 Å². The van der Waals surface area contributed by atoms with Crippen molar-refractivity contribution in [1.29, 1.82) is 0 Å². The summed E-state index contributed by atoms with van der Waals surface area (Å²) in [6.07, 6.45) is 6.75. The summed E-state index contributed by atoms with van der Waals surface area (Å²) in [5.41, 5.74) is 0.683. The van der Waals surface area contributed by atoms with Crippen LogP contribution in [0.1, 0.15) is 12.2 Å². The predicted molar refractivity (Wildman–Crippen MR) is 105 cm³/mol. The maximum absolute atomic E-state index is 12.9. The van der Waals surface area contributed by atoms with Crippen molar-refractivity contribution < 1.29 is 18.9 Å². The molecule has 150 valence electrons. The van der Waals surface area contributed by atoms with Gasteiger partial charge >= 0.3 is 0 Å². The molecule has 2 heterocycles. The largest absolute Gasteiger partial charge is 0.455 e. The lowest BCUT2D eigenvalue weighted by atomic mass is 9.63. The maximum atomic E-state index is 12.9. The third-order valence-electron chi connectivity index (χ3n) is 6.93. The molecule has 6 atom stereocenters. The normalized spacial score (nSPS) is 33.3. The van der Waals surface area contributed by atoms with Crippen LogP contribution in [0.4, 0.5) is 5.69 Å². The summed E-state index contributed by atoms with van der Waals surface area (Å²) in [4.78, 5) is 36.1. The highest BCUT2D eigenvalue weighted by molar-refractivity contribution is 6.06. The summed E-state index contributed by atoms with van der Waals surface area (Å²) in [5.74, 6) is 1.36. The zero-order chi connectivity index (χ0) is 20.6. The molecule has 0 unspecified atom stereocenters. The zero-order valence-electron chi connectivity index (χ0n) is 15.8. The number of carbonyl (C=O) groups is 2. The van der Waals surface area contributed by atoms with E-state index in [2.05, 4.69) is 17.3 Å². The van der Waals surface area contributed by atoms with Crippen LogP contribution in [0.3, 0.4) is 0 Å². The number of hydrazone groups is 1. The molecule has 1 aromatic heterocycles. The van der Waals surface area contributed by atoms with Gasteiger partial charge in [0.15, 0.2) is 0 Å². The molecular formula is C22H17N3O5. The third kappa shape index (κ3) is 2.36. The smallest absolute Gasteiger partial charge is 0.269 e. The number of allylic oxidation sites excluding steroid dienone is 2. The highest BCUT2D eigenvalue weighted by Gasteiger charge is 2.67. The number of nitro benzene ring substituents is 1. The molecule has 1 saturated heterocycles. The van der Waals surface area contributed by atoms with Crippen LogP contribution in [-0.4, -0.2) is 28.0 Å². The molecule has 8 nitrogen and oxygen atoms in total. The summed E-state index contributed by atoms with van der Waals surface area (Å²) in [6, 6.07) is 9.41. The number of non-ortho nitro benzene ring substituents is 1. The first-order valence-electron chi connectivity index (χ1n) is 9.98. The van der Waals surface area contributed by atoms with Crippen LogP contribution in [0.25, 0.3) is 11.3 Å². The number of carbonyl (C=O) groups excluding carboxylic acids is 2. The summed E-state index contributed by atoms with van der Waals surface area (Å²) >= 11 is 0. The lowest BCUT2D eigenvalue weighted by Gasteiger charge is -2.37. The third-order valence-corrected chi connectivity index (χ3v) is 6.93. The van der Waals surface area contributed by atoms with Gasteiger partial charge < -0.3 is 4.42 Å². The molecule has 2 bridgehead atoms. The first-order valence-corrected chi connectivity index (χ1v) is 9.98. The van der Waals surface area contributed by atoms with E-state index in [1.165, 1.54) is 18.3 Å². The molecule has 1 aromatic carbocycles. The van der Waals surface area contributed by atoms with E-state index >= 15 is 0 Å². The van der Waals surface area contributed by atoms with Crippen LogP contribution in [0.5, 0.6) is 0 Å². The summed E-state index contributed by atoms with van der Waals surface area (Å²) < 4.78 is 5.72.